The molecular formula is C29H39N5O7. The number of amides is 6. The van der Waals surface area contributed by atoms with Gasteiger partial charge in [-0.25, -0.2) is 0 Å². The van der Waals surface area contributed by atoms with E-state index >= 15 is 0 Å². The van der Waals surface area contributed by atoms with Crippen LogP contribution in [-0.4, -0.2) is 78.3 Å². The zero-order valence-electron chi connectivity index (χ0n) is 23.8. The molecule has 1 aromatic rings. The van der Waals surface area contributed by atoms with Crippen LogP contribution in [0.4, 0.5) is 0 Å². The van der Waals surface area contributed by atoms with Crippen LogP contribution in [-0.2, 0) is 40.0 Å². The lowest BCUT2D eigenvalue weighted by Gasteiger charge is -2.21. The van der Waals surface area contributed by atoms with E-state index in [2.05, 4.69) is 21.3 Å². The number of carbonyl (C=O) groups is 7. The van der Waals surface area contributed by atoms with E-state index in [0.717, 1.165) is 10.5 Å². The van der Waals surface area contributed by atoms with Gasteiger partial charge in [-0.2, -0.15) is 0 Å². The number of Topliss-reactive ketones (excluding diaryl/α,β-unsaturated/α-hetero) is 1. The predicted octanol–water partition coefficient (Wildman–Crippen LogP) is 0.163. The molecule has 0 aromatic heterocycles. The van der Waals surface area contributed by atoms with Gasteiger partial charge in [0.25, 0.3) is 11.8 Å². The number of benzene rings is 1. The quantitative estimate of drug-likeness (QED) is 0.162. The van der Waals surface area contributed by atoms with Crippen molar-refractivity contribution in [3.63, 3.8) is 0 Å². The second-order valence-corrected chi connectivity index (χ2v) is 10.7. The first kappa shape index (κ1) is 32.9. The number of hydrogen-bond acceptors (Lipinski definition) is 7. The lowest BCUT2D eigenvalue weighted by atomic mass is 9.91. The molecule has 0 saturated heterocycles. The molecule has 1 aliphatic heterocycles. The average Bonchev–Trinajstić information content (AvgIpc) is 3.25. The largest absolute Gasteiger partial charge is 0.347 e. The van der Waals surface area contributed by atoms with Crippen molar-refractivity contribution in [2.24, 2.45) is 5.41 Å². The molecule has 41 heavy (non-hydrogen) atoms. The Balaban J connectivity index is 1.71. The summed E-state index contributed by atoms with van der Waals surface area (Å²) < 4.78 is 0. The average molecular weight is 570 g/mol. The number of ketones is 1. The van der Waals surface area contributed by atoms with Gasteiger partial charge < -0.3 is 21.3 Å². The SMILES string of the molecule is CC(C)(C)C(=O)CNC(=O)C(Cc1ccccc1)NC(=O)CNC(=O)CNC(=O)CCCCCN1C(=O)C=CC1=O. The van der Waals surface area contributed by atoms with Crippen LogP contribution in [0.15, 0.2) is 42.5 Å². The highest BCUT2D eigenvalue weighted by Gasteiger charge is 2.26. The van der Waals surface area contributed by atoms with Crippen molar-refractivity contribution in [1.29, 1.82) is 0 Å². The van der Waals surface area contributed by atoms with Gasteiger partial charge in [-0.3, -0.25) is 38.5 Å². The highest BCUT2D eigenvalue weighted by molar-refractivity contribution is 6.12. The minimum absolute atomic E-state index is 0.155. The summed E-state index contributed by atoms with van der Waals surface area (Å²) in [5, 5.41) is 10.1. The third-order valence-electron chi connectivity index (χ3n) is 6.27. The fourth-order valence-electron chi connectivity index (χ4n) is 3.75. The summed E-state index contributed by atoms with van der Waals surface area (Å²) in [6.07, 6.45) is 4.52. The summed E-state index contributed by atoms with van der Waals surface area (Å²) in [4.78, 5) is 85.8. The number of rotatable bonds is 16. The van der Waals surface area contributed by atoms with E-state index in [4.69, 9.17) is 0 Å². The number of carbonyl (C=O) groups excluding carboxylic acids is 7. The van der Waals surface area contributed by atoms with Crippen molar-refractivity contribution in [1.82, 2.24) is 26.2 Å². The molecule has 12 nitrogen and oxygen atoms in total. The third kappa shape index (κ3) is 12.1. The van der Waals surface area contributed by atoms with E-state index in [1.54, 1.807) is 32.9 Å². The highest BCUT2D eigenvalue weighted by Crippen LogP contribution is 2.13. The lowest BCUT2D eigenvalue weighted by Crippen LogP contribution is -2.52. The second-order valence-electron chi connectivity index (χ2n) is 10.7. The minimum atomic E-state index is -0.966. The fraction of sp³-hybridized carbons (Fsp3) is 0.483. The smallest absolute Gasteiger partial charge is 0.253 e. The summed E-state index contributed by atoms with van der Waals surface area (Å²) in [5.74, 6) is -2.87. The van der Waals surface area contributed by atoms with Crippen LogP contribution in [0.3, 0.4) is 0 Å². The standard InChI is InChI=1S/C29H39N5O7/c1-29(2,3)22(35)17-32-28(41)21(16-20-10-6-4-7-11-20)33-25(38)19-31-24(37)18-30-23(36)12-8-5-9-15-34-26(39)13-14-27(34)40/h4,6-7,10-11,13-14,21H,5,8-9,12,15-19H2,1-3H3,(H,30,36)(H,31,37)(H,32,41)(H,33,38). The molecule has 0 radical (unpaired) electrons. The Morgan fingerprint density at radius 3 is 2.00 bits per heavy atom. The monoisotopic (exact) mass is 569 g/mol. The van der Waals surface area contributed by atoms with Crippen LogP contribution < -0.4 is 21.3 Å². The molecule has 1 unspecified atom stereocenters. The van der Waals surface area contributed by atoms with E-state index in [-0.39, 0.29) is 49.4 Å². The van der Waals surface area contributed by atoms with Gasteiger partial charge in [0.05, 0.1) is 19.6 Å². The van der Waals surface area contributed by atoms with Gasteiger partial charge in [-0.15, -0.1) is 0 Å². The van der Waals surface area contributed by atoms with Crippen molar-refractivity contribution >= 4 is 41.2 Å². The van der Waals surface area contributed by atoms with E-state index in [9.17, 15) is 33.6 Å². The van der Waals surface area contributed by atoms with Crippen LogP contribution in [0.5, 0.6) is 0 Å². The maximum Gasteiger partial charge on any atom is 0.253 e. The van der Waals surface area contributed by atoms with Crippen LogP contribution in [0, 0.1) is 5.41 Å². The molecule has 4 N–H and O–H groups in total. The molecule has 0 aliphatic carbocycles. The van der Waals surface area contributed by atoms with Crippen LogP contribution in [0.1, 0.15) is 52.0 Å². The molecule has 0 spiro atoms. The van der Waals surface area contributed by atoms with Gasteiger partial charge in [-0.1, -0.05) is 57.5 Å². The Morgan fingerprint density at radius 1 is 0.756 bits per heavy atom. The number of nitrogens with zero attached hydrogens (tertiary/aromatic N) is 1. The first-order valence-corrected chi connectivity index (χ1v) is 13.6. The van der Waals surface area contributed by atoms with E-state index < -0.39 is 35.7 Å². The molecule has 1 aromatic carbocycles. The van der Waals surface area contributed by atoms with Gasteiger partial charge in [-0.05, 0) is 18.4 Å². The van der Waals surface area contributed by atoms with Crippen molar-refractivity contribution in [2.45, 2.75) is 58.9 Å². The molecule has 0 saturated carbocycles. The molecule has 1 aliphatic rings. The molecular weight excluding hydrogens is 530 g/mol. The first-order valence-electron chi connectivity index (χ1n) is 13.6. The maximum absolute atomic E-state index is 12.8. The second kappa shape index (κ2) is 16.0. The van der Waals surface area contributed by atoms with Gasteiger partial charge in [0.1, 0.15) is 6.04 Å². The van der Waals surface area contributed by atoms with Crippen LogP contribution in [0.25, 0.3) is 0 Å². The van der Waals surface area contributed by atoms with Crippen LogP contribution in [0.2, 0.25) is 0 Å². The molecule has 222 valence electrons. The van der Waals surface area contributed by atoms with E-state index in [1.165, 1.54) is 12.2 Å². The van der Waals surface area contributed by atoms with Crippen molar-refractivity contribution in [3.05, 3.63) is 48.0 Å². The van der Waals surface area contributed by atoms with Crippen molar-refractivity contribution < 1.29 is 33.6 Å². The summed E-state index contributed by atoms with van der Waals surface area (Å²) in [7, 11) is 0. The van der Waals surface area contributed by atoms with Crippen molar-refractivity contribution in [2.75, 3.05) is 26.2 Å². The molecule has 2 rings (SSSR count). The normalized spacial score (nSPS) is 13.5. The first-order chi connectivity index (χ1) is 19.4. The van der Waals surface area contributed by atoms with Gasteiger partial charge in [0.2, 0.25) is 23.6 Å². The Hall–Kier alpha value is -4.35. The molecule has 0 bridgehead atoms. The van der Waals surface area contributed by atoms with Crippen molar-refractivity contribution in [3.8, 4) is 0 Å². The zero-order chi connectivity index (χ0) is 30.4. The molecule has 12 heteroatoms. The molecule has 1 heterocycles. The van der Waals surface area contributed by atoms with E-state index in [1.807, 2.05) is 18.2 Å². The van der Waals surface area contributed by atoms with Gasteiger partial charge >= 0.3 is 0 Å². The summed E-state index contributed by atoms with van der Waals surface area (Å²) in [6.45, 7) is 4.64. The molecule has 6 amide bonds. The zero-order valence-corrected chi connectivity index (χ0v) is 23.8. The van der Waals surface area contributed by atoms with Gasteiger partial charge in [0, 0.05) is 37.0 Å². The summed E-state index contributed by atoms with van der Waals surface area (Å²) >= 11 is 0. The fourth-order valence-corrected chi connectivity index (χ4v) is 3.75. The molecule has 0 fully saturated rings. The Kier molecular flexibility index (Phi) is 12.9. The lowest BCUT2D eigenvalue weighted by molar-refractivity contribution is -0.137. The Bertz CT molecular complexity index is 1140. The number of unbranched alkanes of at least 4 members (excludes halogenated alkanes) is 2. The third-order valence-corrected chi connectivity index (χ3v) is 6.27. The maximum atomic E-state index is 12.8. The summed E-state index contributed by atoms with van der Waals surface area (Å²) in [5.41, 5.74) is 0.177. The highest BCUT2D eigenvalue weighted by atomic mass is 16.2. The van der Waals surface area contributed by atoms with Gasteiger partial charge in [0.15, 0.2) is 5.78 Å². The van der Waals surface area contributed by atoms with Crippen LogP contribution >= 0.6 is 0 Å². The number of nitrogens with one attached hydrogen (secondary N) is 4. The summed E-state index contributed by atoms with van der Waals surface area (Å²) in [6, 6.07) is 8.09. The number of hydrogen-bond donors (Lipinski definition) is 4. The topological polar surface area (TPSA) is 171 Å². The Labute approximate surface area is 239 Å². The number of imide groups is 1. The van der Waals surface area contributed by atoms with E-state index in [0.29, 0.717) is 25.8 Å². The molecule has 1 atom stereocenters. The minimum Gasteiger partial charge on any atom is -0.347 e. The Morgan fingerprint density at radius 2 is 1.37 bits per heavy atom. The predicted molar refractivity (Wildman–Crippen MR) is 150 cm³/mol.